The standard InChI is InChI=1S/C23H20N4O4/c1-13-18(14-8-5-4-6-9-14)21-24-15(12-29-2)19(23(28)27(21)26-13)22-25-20-16(30-3)10-7-11-17(20)31-22/h4-11,26H,12H2,1-3H3. The maximum absolute atomic E-state index is 13.6. The number of hydrogen-bond donors (Lipinski definition) is 1. The van der Waals surface area contributed by atoms with Gasteiger partial charge in [0.15, 0.2) is 16.7 Å². The van der Waals surface area contributed by atoms with E-state index in [4.69, 9.17) is 18.9 Å². The molecule has 0 atom stereocenters. The van der Waals surface area contributed by atoms with Crippen LogP contribution in [0.15, 0.2) is 57.7 Å². The second-order valence-corrected chi connectivity index (χ2v) is 7.13. The summed E-state index contributed by atoms with van der Waals surface area (Å²) in [6, 6.07) is 15.2. The third kappa shape index (κ3) is 3.00. The summed E-state index contributed by atoms with van der Waals surface area (Å²) in [5.74, 6) is 0.740. The Morgan fingerprint density at radius 2 is 1.84 bits per heavy atom. The molecule has 0 aliphatic carbocycles. The Hall–Kier alpha value is -3.91. The quantitative estimate of drug-likeness (QED) is 0.466. The van der Waals surface area contributed by atoms with Crippen molar-refractivity contribution in [2.24, 2.45) is 0 Å². The van der Waals surface area contributed by atoms with Crippen molar-refractivity contribution in [1.29, 1.82) is 0 Å². The fraction of sp³-hybridized carbons (Fsp3) is 0.174. The molecule has 3 heterocycles. The molecule has 0 radical (unpaired) electrons. The molecule has 5 rings (SSSR count). The molecule has 5 aromatic rings. The zero-order valence-electron chi connectivity index (χ0n) is 17.3. The molecule has 0 fully saturated rings. The molecule has 0 amide bonds. The lowest BCUT2D eigenvalue weighted by Gasteiger charge is -2.07. The SMILES string of the molecule is COCc1nc2c(-c3ccccc3)c(C)[nH]n2c(=O)c1-c1nc2c(OC)cccc2o1. The van der Waals surface area contributed by atoms with Gasteiger partial charge in [-0.25, -0.2) is 14.5 Å². The molecule has 0 saturated heterocycles. The van der Waals surface area contributed by atoms with Crippen molar-refractivity contribution in [2.45, 2.75) is 13.5 Å². The Balaban J connectivity index is 1.81. The van der Waals surface area contributed by atoms with Gasteiger partial charge in [0, 0.05) is 18.4 Å². The lowest BCUT2D eigenvalue weighted by Crippen LogP contribution is -2.20. The summed E-state index contributed by atoms with van der Waals surface area (Å²) < 4.78 is 18.1. The number of methoxy groups -OCH3 is 2. The number of aryl methyl sites for hydroxylation is 1. The van der Waals surface area contributed by atoms with Crippen molar-refractivity contribution < 1.29 is 13.9 Å². The number of aromatic nitrogens is 4. The minimum absolute atomic E-state index is 0.134. The van der Waals surface area contributed by atoms with Crippen LogP contribution < -0.4 is 10.3 Å². The normalized spacial score (nSPS) is 11.5. The number of hydrogen-bond acceptors (Lipinski definition) is 6. The Bertz CT molecular complexity index is 1460. The monoisotopic (exact) mass is 416 g/mol. The first-order valence-corrected chi connectivity index (χ1v) is 9.75. The van der Waals surface area contributed by atoms with Crippen LogP contribution in [0.2, 0.25) is 0 Å². The van der Waals surface area contributed by atoms with E-state index in [2.05, 4.69) is 10.1 Å². The van der Waals surface area contributed by atoms with Crippen LogP contribution in [0.1, 0.15) is 11.4 Å². The molecule has 0 unspecified atom stereocenters. The van der Waals surface area contributed by atoms with Crippen LogP contribution in [-0.2, 0) is 11.3 Å². The number of ether oxygens (including phenoxy) is 2. The molecule has 0 saturated carbocycles. The van der Waals surface area contributed by atoms with Gasteiger partial charge >= 0.3 is 0 Å². The average molecular weight is 416 g/mol. The zero-order chi connectivity index (χ0) is 21.5. The summed E-state index contributed by atoms with van der Waals surface area (Å²) >= 11 is 0. The average Bonchev–Trinajstić information content (AvgIpc) is 3.35. The Kier molecular flexibility index (Phi) is 4.56. The number of nitrogens with one attached hydrogen (secondary N) is 1. The van der Waals surface area contributed by atoms with Gasteiger partial charge in [-0.2, -0.15) is 0 Å². The minimum Gasteiger partial charge on any atom is -0.494 e. The molecule has 0 aliphatic heterocycles. The molecular weight excluding hydrogens is 396 g/mol. The summed E-state index contributed by atoms with van der Waals surface area (Å²) in [7, 11) is 3.12. The summed E-state index contributed by atoms with van der Waals surface area (Å²) in [6.07, 6.45) is 0. The second-order valence-electron chi connectivity index (χ2n) is 7.13. The van der Waals surface area contributed by atoms with E-state index in [0.29, 0.717) is 28.2 Å². The third-order valence-corrected chi connectivity index (χ3v) is 5.20. The van der Waals surface area contributed by atoms with E-state index >= 15 is 0 Å². The second kappa shape index (κ2) is 7.41. The predicted octanol–water partition coefficient (Wildman–Crippen LogP) is 3.96. The number of nitrogens with zero attached hydrogens (tertiary/aromatic N) is 3. The number of oxazole rings is 1. The zero-order valence-corrected chi connectivity index (χ0v) is 17.3. The highest BCUT2D eigenvalue weighted by atomic mass is 16.5. The molecule has 156 valence electrons. The van der Waals surface area contributed by atoms with Gasteiger partial charge in [0.05, 0.1) is 19.4 Å². The van der Waals surface area contributed by atoms with Gasteiger partial charge < -0.3 is 13.9 Å². The van der Waals surface area contributed by atoms with Crippen molar-refractivity contribution in [3.8, 4) is 28.3 Å². The van der Waals surface area contributed by atoms with Gasteiger partial charge in [-0.1, -0.05) is 36.4 Å². The fourth-order valence-electron chi connectivity index (χ4n) is 3.83. The molecule has 8 heteroatoms. The first-order valence-electron chi connectivity index (χ1n) is 9.75. The number of H-pyrrole nitrogens is 1. The van der Waals surface area contributed by atoms with Crippen LogP contribution in [0, 0.1) is 6.92 Å². The number of benzene rings is 2. The van der Waals surface area contributed by atoms with Crippen molar-refractivity contribution in [3.63, 3.8) is 0 Å². The highest BCUT2D eigenvalue weighted by Crippen LogP contribution is 2.32. The van der Waals surface area contributed by atoms with E-state index in [1.54, 1.807) is 32.4 Å². The van der Waals surface area contributed by atoms with Crippen LogP contribution in [0.3, 0.4) is 0 Å². The van der Waals surface area contributed by atoms with E-state index in [-0.39, 0.29) is 23.6 Å². The van der Waals surface area contributed by atoms with Crippen molar-refractivity contribution >= 4 is 16.7 Å². The number of fused-ring (bicyclic) bond motifs is 2. The first-order chi connectivity index (χ1) is 15.1. The molecule has 0 spiro atoms. The van der Waals surface area contributed by atoms with E-state index in [1.165, 1.54) is 4.52 Å². The molecule has 3 aromatic heterocycles. The maximum atomic E-state index is 13.6. The molecule has 0 aliphatic rings. The molecule has 2 aromatic carbocycles. The van der Waals surface area contributed by atoms with Gasteiger partial charge in [-0.3, -0.25) is 9.89 Å². The smallest absolute Gasteiger partial charge is 0.285 e. The molecule has 0 bridgehead atoms. The largest absolute Gasteiger partial charge is 0.494 e. The van der Waals surface area contributed by atoms with E-state index < -0.39 is 0 Å². The van der Waals surface area contributed by atoms with E-state index in [1.807, 2.05) is 37.3 Å². The van der Waals surface area contributed by atoms with Crippen LogP contribution in [-0.4, -0.2) is 33.8 Å². The van der Waals surface area contributed by atoms with E-state index in [0.717, 1.165) is 16.8 Å². The van der Waals surface area contributed by atoms with E-state index in [9.17, 15) is 4.79 Å². The molecule has 31 heavy (non-hydrogen) atoms. The highest BCUT2D eigenvalue weighted by Gasteiger charge is 2.24. The number of rotatable bonds is 5. The Morgan fingerprint density at radius 3 is 2.58 bits per heavy atom. The summed E-state index contributed by atoms with van der Waals surface area (Å²) in [4.78, 5) is 22.9. The van der Waals surface area contributed by atoms with Crippen LogP contribution in [0.5, 0.6) is 5.75 Å². The number of para-hydroxylation sites is 1. The third-order valence-electron chi connectivity index (χ3n) is 5.20. The molecule has 8 nitrogen and oxygen atoms in total. The van der Waals surface area contributed by atoms with Crippen molar-refractivity contribution in [1.82, 2.24) is 19.6 Å². The van der Waals surface area contributed by atoms with Gasteiger partial charge in [0.2, 0.25) is 5.89 Å². The van der Waals surface area contributed by atoms with Gasteiger partial charge in [0.25, 0.3) is 5.56 Å². The summed E-state index contributed by atoms with van der Waals surface area (Å²) in [6.45, 7) is 2.05. The van der Waals surface area contributed by atoms with Crippen LogP contribution >= 0.6 is 0 Å². The molecule has 1 N–H and O–H groups in total. The topological polar surface area (TPSA) is 94.7 Å². The van der Waals surface area contributed by atoms with Crippen LogP contribution in [0.4, 0.5) is 0 Å². The van der Waals surface area contributed by atoms with Crippen molar-refractivity contribution in [3.05, 3.63) is 70.3 Å². The Labute approximate surface area is 177 Å². The maximum Gasteiger partial charge on any atom is 0.285 e. The lowest BCUT2D eigenvalue weighted by atomic mass is 10.1. The minimum atomic E-state index is -0.312. The highest BCUT2D eigenvalue weighted by molar-refractivity contribution is 5.83. The van der Waals surface area contributed by atoms with Crippen molar-refractivity contribution in [2.75, 3.05) is 14.2 Å². The van der Waals surface area contributed by atoms with Gasteiger partial charge in [0.1, 0.15) is 11.3 Å². The van der Waals surface area contributed by atoms with Crippen LogP contribution in [0.25, 0.3) is 39.3 Å². The summed E-state index contributed by atoms with van der Waals surface area (Å²) in [5, 5.41) is 3.14. The Morgan fingerprint density at radius 1 is 1.03 bits per heavy atom. The van der Waals surface area contributed by atoms with Gasteiger partial charge in [-0.05, 0) is 24.6 Å². The predicted molar refractivity (Wildman–Crippen MR) is 116 cm³/mol. The molecular formula is C23H20N4O4. The lowest BCUT2D eigenvalue weighted by molar-refractivity contribution is 0.182. The summed E-state index contributed by atoms with van der Waals surface area (Å²) in [5.41, 5.74) is 4.64. The number of aromatic amines is 1. The first kappa shape index (κ1) is 19.1. The fourth-order valence-corrected chi connectivity index (χ4v) is 3.83. The van der Waals surface area contributed by atoms with Gasteiger partial charge in [-0.15, -0.1) is 0 Å².